The Balaban J connectivity index is 1.42. The second-order valence-corrected chi connectivity index (χ2v) is 8.64. The van der Waals surface area contributed by atoms with Gasteiger partial charge >= 0.3 is 6.18 Å². The van der Waals surface area contributed by atoms with Crippen LogP contribution in [0.3, 0.4) is 0 Å². The number of halogens is 3. The number of alkyl halides is 3. The quantitative estimate of drug-likeness (QED) is 0.523. The number of rotatable bonds is 3. The molecule has 0 bridgehead atoms. The van der Waals surface area contributed by atoms with Gasteiger partial charge in [0, 0.05) is 36.0 Å². The van der Waals surface area contributed by atoms with Crippen LogP contribution in [0.4, 0.5) is 13.2 Å². The molecule has 2 unspecified atom stereocenters. The van der Waals surface area contributed by atoms with E-state index in [-0.39, 0.29) is 23.8 Å². The number of aromatic hydroxyl groups is 2. The molecule has 2 aliphatic heterocycles. The van der Waals surface area contributed by atoms with Gasteiger partial charge in [-0.15, -0.1) is 0 Å². The first-order valence-electron chi connectivity index (χ1n) is 10.9. The topological polar surface area (TPSA) is 61.5 Å². The Morgan fingerprint density at radius 2 is 1.82 bits per heavy atom. The molecule has 2 aliphatic rings. The monoisotopic (exact) mass is 455 g/mol. The molecule has 33 heavy (non-hydrogen) atoms. The highest BCUT2D eigenvalue weighted by atomic mass is 19.4. The minimum atomic E-state index is -4.39. The van der Waals surface area contributed by atoms with Crippen LogP contribution in [0.15, 0.2) is 48.7 Å². The van der Waals surface area contributed by atoms with Crippen molar-refractivity contribution < 1.29 is 23.4 Å². The molecule has 1 fully saturated rings. The summed E-state index contributed by atoms with van der Waals surface area (Å²) in [6, 6.07) is 8.59. The Bertz CT molecular complexity index is 1210. The van der Waals surface area contributed by atoms with Gasteiger partial charge in [-0.25, -0.2) is 0 Å². The van der Waals surface area contributed by atoms with Crippen LogP contribution in [-0.2, 0) is 13.2 Å². The third kappa shape index (κ3) is 3.68. The molecule has 1 saturated heterocycles. The zero-order valence-corrected chi connectivity index (χ0v) is 18.0. The van der Waals surface area contributed by atoms with Crippen molar-refractivity contribution >= 4 is 6.08 Å². The second-order valence-electron chi connectivity index (χ2n) is 8.64. The minimum Gasteiger partial charge on any atom is -0.494 e. The van der Waals surface area contributed by atoms with Gasteiger partial charge in [0.1, 0.15) is 0 Å². The van der Waals surface area contributed by atoms with Crippen LogP contribution in [0.1, 0.15) is 53.7 Å². The van der Waals surface area contributed by atoms with Crippen molar-refractivity contribution in [3.8, 4) is 22.9 Å². The van der Waals surface area contributed by atoms with E-state index in [1.165, 1.54) is 10.6 Å². The summed E-state index contributed by atoms with van der Waals surface area (Å²) < 4.78 is 40.4. The van der Waals surface area contributed by atoms with Gasteiger partial charge in [-0.2, -0.15) is 13.2 Å². The molecule has 0 radical (unpaired) electrons. The van der Waals surface area contributed by atoms with Crippen molar-refractivity contribution in [3.63, 3.8) is 0 Å². The van der Waals surface area contributed by atoms with Crippen LogP contribution in [0, 0.1) is 0 Å². The summed E-state index contributed by atoms with van der Waals surface area (Å²) in [5.41, 5.74) is 2.56. The smallest absolute Gasteiger partial charge is 0.416 e. The van der Waals surface area contributed by atoms with E-state index in [1.807, 2.05) is 12.2 Å². The van der Waals surface area contributed by atoms with Gasteiger partial charge in [0.05, 0.1) is 17.3 Å². The molecule has 0 saturated carbocycles. The van der Waals surface area contributed by atoms with E-state index >= 15 is 0 Å². The summed E-state index contributed by atoms with van der Waals surface area (Å²) in [5, 5.41) is 21.2. The van der Waals surface area contributed by atoms with Gasteiger partial charge < -0.3 is 10.2 Å². The van der Waals surface area contributed by atoms with Crippen LogP contribution >= 0.6 is 0 Å². The fraction of sp³-hybridized carbons (Fsp3) is 0.320. The lowest BCUT2D eigenvalue weighted by molar-refractivity contribution is -0.137. The normalized spacial score (nSPS) is 20.8. The number of piperidine rings is 1. The highest BCUT2D eigenvalue weighted by Gasteiger charge is 2.44. The number of hydrogen-bond acceptors (Lipinski definition) is 4. The lowest BCUT2D eigenvalue weighted by atomic mass is 9.99. The van der Waals surface area contributed by atoms with E-state index in [9.17, 15) is 23.4 Å². The summed E-state index contributed by atoms with van der Waals surface area (Å²) in [7, 11) is 1.64. The lowest BCUT2D eigenvalue weighted by Crippen LogP contribution is -2.30. The Kier molecular flexibility index (Phi) is 5.20. The van der Waals surface area contributed by atoms with Gasteiger partial charge in [0.2, 0.25) is 0 Å². The summed E-state index contributed by atoms with van der Waals surface area (Å²) in [6.07, 6.45) is 4.05. The van der Waals surface area contributed by atoms with Crippen molar-refractivity contribution in [1.29, 1.82) is 0 Å². The van der Waals surface area contributed by atoms with Crippen molar-refractivity contribution in [1.82, 2.24) is 14.5 Å². The van der Waals surface area contributed by atoms with Crippen LogP contribution in [0.25, 0.3) is 17.2 Å². The van der Waals surface area contributed by atoms with E-state index < -0.39 is 11.7 Å². The van der Waals surface area contributed by atoms with E-state index in [4.69, 9.17) is 0 Å². The van der Waals surface area contributed by atoms with E-state index in [1.54, 1.807) is 31.4 Å². The van der Waals surface area contributed by atoms with Crippen molar-refractivity contribution in [2.24, 2.45) is 7.05 Å². The Morgan fingerprint density at radius 3 is 2.55 bits per heavy atom. The summed E-state index contributed by atoms with van der Waals surface area (Å²) >= 11 is 0. The molecule has 172 valence electrons. The number of nitrogens with zero attached hydrogens (tertiary/aromatic N) is 3. The maximum absolute atomic E-state index is 13.0. The maximum atomic E-state index is 13.0. The Morgan fingerprint density at radius 1 is 1.03 bits per heavy atom. The zero-order chi connectivity index (χ0) is 23.3. The van der Waals surface area contributed by atoms with Gasteiger partial charge in [0.25, 0.3) is 0 Å². The average molecular weight is 455 g/mol. The number of hydrogen-bond donors (Lipinski definition) is 2. The van der Waals surface area contributed by atoms with Crippen LogP contribution in [-0.4, -0.2) is 31.2 Å². The second kappa shape index (κ2) is 7.95. The van der Waals surface area contributed by atoms with Gasteiger partial charge in [-0.05, 0) is 49.2 Å². The third-order valence-electron chi connectivity index (χ3n) is 6.70. The van der Waals surface area contributed by atoms with Crippen molar-refractivity contribution in [3.05, 3.63) is 71.1 Å². The highest BCUT2D eigenvalue weighted by molar-refractivity contribution is 5.65. The molecule has 3 aromatic rings. The average Bonchev–Trinajstić information content (AvgIpc) is 3.26. The first kappa shape index (κ1) is 21.6. The first-order chi connectivity index (χ1) is 15.8. The van der Waals surface area contributed by atoms with Gasteiger partial charge in [-0.3, -0.25) is 14.5 Å². The largest absolute Gasteiger partial charge is 0.494 e. The van der Waals surface area contributed by atoms with Gasteiger partial charge in [-0.1, -0.05) is 30.7 Å². The fourth-order valence-corrected chi connectivity index (χ4v) is 5.03. The molecule has 0 amide bonds. The van der Waals surface area contributed by atoms with Crippen molar-refractivity contribution in [2.75, 3.05) is 6.54 Å². The molecule has 2 atom stereocenters. The van der Waals surface area contributed by atoms with E-state index in [0.29, 0.717) is 16.8 Å². The predicted octanol–water partition coefficient (Wildman–Crippen LogP) is 5.81. The minimum absolute atomic E-state index is 0.0689. The van der Waals surface area contributed by atoms with Crippen LogP contribution in [0.2, 0.25) is 0 Å². The molecular formula is C25H24F3N3O2. The molecule has 5 nitrogen and oxygen atoms in total. The number of pyridine rings is 1. The highest BCUT2D eigenvalue weighted by Crippen LogP contribution is 2.54. The fourth-order valence-electron chi connectivity index (χ4n) is 5.03. The van der Waals surface area contributed by atoms with Crippen LogP contribution in [0.5, 0.6) is 11.8 Å². The zero-order valence-electron chi connectivity index (χ0n) is 18.0. The summed E-state index contributed by atoms with van der Waals surface area (Å²) in [4.78, 5) is 6.70. The van der Waals surface area contributed by atoms with E-state index in [0.717, 1.165) is 49.1 Å². The van der Waals surface area contributed by atoms with Crippen LogP contribution < -0.4 is 0 Å². The van der Waals surface area contributed by atoms with E-state index in [2.05, 4.69) is 9.88 Å². The molecule has 1 aromatic carbocycles. The third-order valence-corrected chi connectivity index (χ3v) is 6.70. The maximum Gasteiger partial charge on any atom is 0.416 e. The molecule has 5 rings (SSSR count). The lowest BCUT2D eigenvalue weighted by Gasteiger charge is -2.33. The molecular weight excluding hydrogens is 431 g/mol. The molecule has 2 aromatic heterocycles. The molecule has 2 N–H and O–H groups in total. The standard InChI is InChI=1S/C25H24F3N3O2/c1-30-23(32)21-19-7-2-3-12-31(19)20(22(21)24(30)33)11-10-18-9-8-16(14-29-18)15-5-4-6-17(13-15)25(26,27)28/h4-6,8-11,13-14,19-20,32-33H,2-3,7,12H2,1H3. The van der Waals surface area contributed by atoms with Crippen molar-refractivity contribution in [2.45, 2.75) is 37.5 Å². The Labute approximate surface area is 189 Å². The number of aromatic nitrogens is 2. The molecule has 8 heteroatoms. The number of benzene rings is 1. The first-order valence-corrected chi connectivity index (χ1v) is 10.9. The summed E-state index contributed by atoms with van der Waals surface area (Å²) in [6.45, 7) is 0.874. The molecule has 0 spiro atoms. The summed E-state index contributed by atoms with van der Waals surface area (Å²) in [5.74, 6) is 0.179. The SMILES string of the molecule is Cn1c(O)c2c(c1O)C1CCCCN1C2C=Cc1ccc(-c2cccc(C(F)(F)F)c2)cn1. The number of fused-ring (bicyclic) bond motifs is 3. The molecule has 0 aliphatic carbocycles. The van der Waals surface area contributed by atoms with Gasteiger partial charge in [0.15, 0.2) is 11.8 Å². The molecule has 4 heterocycles. The predicted molar refractivity (Wildman–Crippen MR) is 118 cm³/mol. The Hall–Kier alpha value is -3.26.